The predicted octanol–water partition coefficient (Wildman–Crippen LogP) is 2.70. The van der Waals surface area contributed by atoms with Crippen molar-refractivity contribution in [3.05, 3.63) is 76.2 Å². The molecule has 1 aliphatic carbocycles. The van der Waals surface area contributed by atoms with E-state index in [2.05, 4.69) is 15.6 Å². The molecule has 166 valence electrons. The number of nitrogens with one attached hydrogen (secondary N) is 2. The van der Waals surface area contributed by atoms with Crippen molar-refractivity contribution in [2.24, 2.45) is 0 Å². The van der Waals surface area contributed by atoms with Crippen LogP contribution in [-0.4, -0.2) is 27.4 Å². The van der Waals surface area contributed by atoms with Gasteiger partial charge in [-0.2, -0.15) is 0 Å². The monoisotopic (exact) mass is 432 g/mol. The van der Waals surface area contributed by atoms with Gasteiger partial charge < -0.3 is 10.6 Å². The van der Waals surface area contributed by atoms with Gasteiger partial charge in [0, 0.05) is 25.4 Å². The molecule has 0 unspecified atom stereocenters. The van der Waals surface area contributed by atoms with Crippen LogP contribution in [0.25, 0.3) is 11.0 Å². The number of carbonyl (C=O) groups excluding carboxylic acids is 2. The number of fused-ring (bicyclic) bond motifs is 1. The van der Waals surface area contributed by atoms with Crippen LogP contribution in [0.3, 0.4) is 0 Å². The zero-order valence-corrected chi connectivity index (χ0v) is 18.0. The van der Waals surface area contributed by atoms with Crippen molar-refractivity contribution in [3.63, 3.8) is 0 Å². The van der Waals surface area contributed by atoms with Gasteiger partial charge >= 0.3 is 0 Å². The van der Waals surface area contributed by atoms with Crippen LogP contribution in [0, 0.1) is 0 Å². The highest BCUT2D eigenvalue weighted by Crippen LogP contribution is 2.18. The number of hydrogen-bond acceptors (Lipinski definition) is 4. The van der Waals surface area contributed by atoms with Crippen molar-refractivity contribution in [3.8, 4) is 0 Å². The Morgan fingerprint density at radius 2 is 1.69 bits per heavy atom. The van der Waals surface area contributed by atoms with Crippen molar-refractivity contribution in [2.45, 2.75) is 57.7 Å². The summed E-state index contributed by atoms with van der Waals surface area (Å²) < 4.78 is 1.45. The Morgan fingerprint density at radius 1 is 0.969 bits per heavy atom. The molecular formula is C25H28N4O3. The van der Waals surface area contributed by atoms with Crippen LogP contribution < -0.4 is 16.2 Å². The van der Waals surface area contributed by atoms with Gasteiger partial charge in [0.2, 0.25) is 11.8 Å². The second-order valence-electron chi connectivity index (χ2n) is 8.25. The summed E-state index contributed by atoms with van der Waals surface area (Å²) in [5.74, 6) is -0.310. The van der Waals surface area contributed by atoms with Crippen molar-refractivity contribution in [2.75, 3.05) is 0 Å². The number of amides is 2. The molecule has 32 heavy (non-hydrogen) atoms. The number of aromatic nitrogens is 2. The molecule has 2 amide bonds. The van der Waals surface area contributed by atoms with Crippen LogP contribution >= 0.6 is 0 Å². The van der Waals surface area contributed by atoms with Gasteiger partial charge in [-0.15, -0.1) is 0 Å². The molecule has 1 fully saturated rings. The lowest BCUT2D eigenvalue weighted by Gasteiger charge is -2.14. The maximum Gasteiger partial charge on any atom is 0.273 e. The zero-order chi connectivity index (χ0) is 22.3. The van der Waals surface area contributed by atoms with Crippen LogP contribution in [0.5, 0.6) is 0 Å². The third-order valence-corrected chi connectivity index (χ3v) is 5.86. The minimum Gasteiger partial charge on any atom is -0.353 e. The maximum absolute atomic E-state index is 13.1. The number of carbonyl (C=O) groups is 2. The molecule has 0 saturated heterocycles. The highest BCUT2D eigenvalue weighted by atomic mass is 16.2. The van der Waals surface area contributed by atoms with Gasteiger partial charge in [0.15, 0.2) is 0 Å². The van der Waals surface area contributed by atoms with E-state index >= 15 is 0 Å². The topological polar surface area (TPSA) is 93.1 Å². The third-order valence-electron chi connectivity index (χ3n) is 5.86. The third kappa shape index (κ3) is 5.41. The minimum absolute atomic E-state index is 0.0570. The first kappa shape index (κ1) is 21.7. The standard InChI is InChI=1S/C25H28N4O3/c30-23(27-19-10-4-5-11-19)15-14-21-25(32)29(22-13-7-6-12-20(22)28-21)17-24(31)26-16-18-8-2-1-3-9-18/h1-3,6-9,12-13,19H,4-5,10-11,14-17H2,(H,26,31)(H,27,30). The molecule has 0 radical (unpaired) electrons. The van der Waals surface area contributed by atoms with E-state index in [0.29, 0.717) is 23.3 Å². The molecule has 2 aromatic carbocycles. The predicted molar refractivity (Wildman–Crippen MR) is 123 cm³/mol. The number of benzene rings is 2. The fourth-order valence-corrected chi connectivity index (χ4v) is 4.16. The van der Waals surface area contributed by atoms with Gasteiger partial charge in [-0.3, -0.25) is 19.0 Å². The summed E-state index contributed by atoms with van der Waals surface area (Å²) in [5, 5.41) is 5.91. The highest BCUT2D eigenvalue weighted by Gasteiger charge is 2.18. The van der Waals surface area contributed by atoms with E-state index in [4.69, 9.17) is 0 Å². The molecule has 1 heterocycles. The van der Waals surface area contributed by atoms with E-state index in [-0.39, 0.29) is 42.8 Å². The minimum atomic E-state index is -0.327. The lowest BCUT2D eigenvalue weighted by atomic mass is 10.2. The molecule has 1 aliphatic rings. The molecular weight excluding hydrogens is 404 g/mol. The lowest BCUT2D eigenvalue weighted by molar-refractivity contribution is -0.122. The highest BCUT2D eigenvalue weighted by molar-refractivity contribution is 5.80. The Balaban J connectivity index is 1.48. The first-order valence-electron chi connectivity index (χ1n) is 11.2. The Kier molecular flexibility index (Phi) is 6.94. The molecule has 0 spiro atoms. The average Bonchev–Trinajstić information content (AvgIpc) is 3.32. The quantitative estimate of drug-likeness (QED) is 0.572. The number of hydrogen-bond donors (Lipinski definition) is 2. The molecule has 1 saturated carbocycles. The number of nitrogens with zero attached hydrogens (tertiary/aromatic N) is 2. The van der Waals surface area contributed by atoms with Crippen molar-refractivity contribution < 1.29 is 9.59 Å². The zero-order valence-electron chi connectivity index (χ0n) is 18.0. The summed E-state index contributed by atoms with van der Waals surface area (Å²) in [7, 11) is 0. The van der Waals surface area contributed by atoms with E-state index in [1.807, 2.05) is 48.5 Å². The molecule has 3 aromatic rings. The van der Waals surface area contributed by atoms with Gasteiger partial charge in [-0.25, -0.2) is 4.98 Å². The molecule has 0 atom stereocenters. The molecule has 2 N–H and O–H groups in total. The normalized spacial score (nSPS) is 13.9. The summed E-state index contributed by atoms with van der Waals surface area (Å²) in [5.41, 5.74) is 2.20. The summed E-state index contributed by atoms with van der Waals surface area (Å²) >= 11 is 0. The molecule has 0 aliphatic heterocycles. The molecule has 1 aromatic heterocycles. The number of para-hydroxylation sites is 2. The summed E-state index contributed by atoms with van der Waals surface area (Å²) in [6, 6.07) is 17.1. The van der Waals surface area contributed by atoms with Gasteiger partial charge in [-0.05, 0) is 30.5 Å². The van der Waals surface area contributed by atoms with Gasteiger partial charge in [-0.1, -0.05) is 55.3 Å². The molecule has 0 bridgehead atoms. The summed E-state index contributed by atoms with van der Waals surface area (Å²) in [4.78, 5) is 42.5. The smallest absolute Gasteiger partial charge is 0.273 e. The Labute approximate surface area is 186 Å². The Morgan fingerprint density at radius 3 is 2.47 bits per heavy atom. The second-order valence-corrected chi connectivity index (χ2v) is 8.25. The van der Waals surface area contributed by atoms with Crippen molar-refractivity contribution in [1.82, 2.24) is 20.2 Å². The Hall–Kier alpha value is -3.48. The van der Waals surface area contributed by atoms with E-state index in [0.717, 1.165) is 31.2 Å². The van der Waals surface area contributed by atoms with Crippen LogP contribution in [0.1, 0.15) is 43.4 Å². The lowest BCUT2D eigenvalue weighted by Crippen LogP contribution is -2.35. The first-order chi connectivity index (χ1) is 15.6. The van der Waals surface area contributed by atoms with Gasteiger partial charge in [0.05, 0.1) is 11.0 Å². The van der Waals surface area contributed by atoms with Crippen LogP contribution in [0.4, 0.5) is 0 Å². The van der Waals surface area contributed by atoms with Crippen LogP contribution in [-0.2, 0) is 29.1 Å². The fraction of sp³-hybridized carbons (Fsp3) is 0.360. The van der Waals surface area contributed by atoms with Crippen LogP contribution in [0.15, 0.2) is 59.4 Å². The fourth-order valence-electron chi connectivity index (χ4n) is 4.16. The second kappa shape index (κ2) is 10.2. The van der Waals surface area contributed by atoms with Crippen LogP contribution in [0.2, 0.25) is 0 Å². The average molecular weight is 433 g/mol. The molecule has 7 nitrogen and oxygen atoms in total. The van der Waals surface area contributed by atoms with Crippen molar-refractivity contribution in [1.29, 1.82) is 0 Å². The Bertz CT molecular complexity index is 1150. The number of rotatable bonds is 8. The molecule has 4 rings (SSSR count). The van der Waals surface area contributed by atoms with E-state index in [1.54, 1.807) is 6.07 Å². The number of aryl methyl sites for hydroxylation is 1. The van der Waals surface area contributed by atoms with E-state index < -0.39 is 0 Å². The van der Waals surface area contributed by atoms with Gasteiger partial charge in [0.25, 0.3) is 5.56 Å². The maximum atomic E-state index is 13.1. The summed E-state index contributed by atoms with van der Waals surface area (Å²) in [6.07, 6.45) is 4.78. The van der Waals surface area contributed by atoms with E-state index in [9.17, 15) is 14.4 Å². The van der Waals surface area contributed by atoms with Crippen molar-refractivity contribution >= 4 is 22.8 Å². The largest absolute Gasteiger partial charge is 0.353 e. The molecule has 7 heteroatoms. The van der Waals surface area contributed by atoms with Gasteiger partial charge in [0.1, 0.15) is 12.2 Å². The van der Waals surface area contributed by atoms with E-state index in [1.165, 1.54) is 4.57 Å². The summed E-state index contributed by atoms with van der Waals surface area (Å²) in [6.45, 7) is 0.293. The SMILES string of the molecule is O=C(Cn1c(=O)c(CCC(=O)NC2CCCC2)nc2ccccc21)NCc1ccccc1. The first-order valence-corrected chi connectivity index (χ1v) is 11.2.